The normalized spacial score (nSPS) is 17.2. The number of nitrogens with zero attached hydrogens (tertiary/aromatic N) is 1. The number of H-pyrrole nitrogens is 1. The Morgan fingerprint density at radius 3 is 2.64 bits per heavy atom. The van der Waals surface area contributed by atoms with Crippen LogP contribution in [0.3, 0.4) is 0 Å². The Balaban J connectivity index is 1.54. The van der Waals surface area contributed by atoms with Crippen LogP contribution >= 0.6 is 0 Å². The number of carbonyl (C=O) groups is 1. The van der Waals surface area contributed by atoms with Crippen molar-refractivity contribution in [3.63, 3.8) is 0 Å². The standard InChI is InChI=1S/C30H41N3O3/c1-5-22-11-8-12-26-28(20-32-30(22)26)27(23-16-24(35-3)18-25(17-23)36-4)19-29(34)31-13-9-15-33-14-7-6-10-21(33)2/h8,11-12,16-18,20-21,27,32H,5-7,9-10,13-15,19H2,1-4H3,(H,31,34). The lowest BCUT2D eigenvalue weighted by atomic mass is 9.87. The van der Waals surface area contributed by atoms with Gasteiger partial charge in [0.15, 0.2) is 0 Å². The van der Waals surface area contributed by atoms with E-state index in [1.54, 1.807) is 14.2 Å². The van der Waals surface area contributed by atoms with Crippen LogP contribution in [-0.4, -0.2) is 55.7 Å². The van der Waals surface area contributed by atoms with Gasteiger partial charge in [0.25, 0.3) is 0 Å². The number of nitrogens with one attached hydrogen (secondary N) is 2. The highest BCUT2D eigenvalue weighted by atomic mass is 16.5. The molecule has 6 nitrogen and oxygen atoms in total. The third-order valence-corrected chi connectivity index (χ3v) is 7.64. The number of hydrogen-bond acceptors (Lipinski definition) is 4. The molecule has 0 aliphatic carbocycles. The molecular weight excluding hydrogens is 450 g/mol. The first kappa shape index (κ1) is 26.1. The number of methoxy groups -OCH3 is 2. The summed E-state index contributed by atoms with van der Waals surface area (Å²) in [5.41, 5.74) is 4.54. The smallest absolute Gasteiger partial charge is 0.220 e. The number of benzene rings is 2. The van der Waals surface area contributed by atoms with Gasteiger partial charge in [-0.2, -0.15) is 0 Å². The maximum Gasteiger partial charge on any atom is 0.220 e. The molecule has 2 aromatic carbocycles. The van der Waals surface area contributed by atoms with Gasteiger partial charge in [-0.3, -0.25) is 4.79 Å². The molecule has 1 aliphatic heterocycles. The fraction of sp³-hybridized carbons (Fsp3) is 0.500. The second kappa shape index (κ2) is 12.3. The van der Waals surface area contributed by atoms with Crippen LogP contribution in [0.25, 0.3) is 10.9 Å². The van der Waals surface area contributed by atoms with Crippen LogP contribution in [0.15, 0.2) is 42.6 Å². The summed E-state index contributed by atoms with van der Waals surface area (Å²) >= 11 is 0. The van der Waals surface area contributed by atoms with E-state index < -0.39 is 0 Å². The molecule has 194 valence electrons. The predicted octanol–water partition coefficient (Wildman–Crippen LogP) is 5.65. The molecule has 0 radical (unpaired) electrons. The van der Waals surface area contributed by atoms with Gasteiger partial charge in [-0.15, -0.1) is 0 Å². The zero-order valence-electron chi connectivity index (χ0n) is 22.2. The lowest BCUT2D eigenvalue weighted by molar-refractivity contribution is -0.121. The summed E-state index contributed by atoms with van der Waals surface area (Å²) in [4.78, 5) is 19.2. The molecule has 0 saturated carbocycles. The van der Waals surface area contributed by atoms with E-state index >= 15 is 0 Å². The molecule has 1 aromatic heterocycles. The van der Waals surface area contributed by atoms with E-state index in [0.717, 1.165) is 52.9 Å². The fourth-order valence-corrected chi connectivity index (χ4v) is 5.52. The molecule has 0 spiro atoms. The molecule has 3 aromatic rings. The Morgan fingerprint density at radius 1 is 1.17 bits per heavy atom. The van der Waals surface area contributed by atoms with Crippen LogP contribution in [0.4, 0.5) is 0 Å². The van der Waals surface area contributed by atoms with Crippen molar-refractivity contribution in [3.05, 3.63) is 59.3 Å². The average molecular weight is 492 g/mol. The number of ether oxygens (including phenoxy) is 2. The maximum absolute atomic E-state index is 13.2. The highest BCUT2D eigenvalue weighted by molar-refractivity contribution is 5.88. The van der Waals surface area contributed by atoms with Crippen molar-refractivity contribution in [2.24, 2.45) is 0 Å². The van der Waals surface area contributed by atoms with Gasteiger partial charge >= 0.3 is 0 Å². The third-order valence-electron chi connectivity index (χ3n) is 7.64. The van der Waals surface area contributed by atoms with Gasteiger partial charge in [0, 0.05) is 54.6 Å². The Bertz CT molecular complexity index is 1130. The largest absolute Gasteiger partial charge is 0.497 e. The number of carbonyl (C=O) groups excluding carboxylic acids is 1. The summed E-state index contributed by atoms with van der Waals surface area (Å²) in [5, 5.41) is 4.35. The summed E-state index contributed by atoms with van der Waals surface area (Å²) in [6.45, 7) is 7.40. The Kier molecular flexibility index (Phi) is 8.92. The van der Waals surface area contributed by atoms with Gasteiger partial charge in [-0.05, 0) is 68.0 Å². The van der Waals surface area contributed by atoms with E-state index in [9.17, 15) is 4.79 Å². The maximum atomic E-state index is 13.2. The molecule has 6 heteroatoms. The van der Waals surface area contributed by atoms with Crippen molar-refractivity contribution >= 4 is 16.8 Å². The van der Waals surface area contributed by atoms with Crippen molar-refractivity contribution in [2.45, 2.75) is 64.3 Å². The second-order valence-electron chi connectivity index (χ2n) is 9.92. The van der Waals surface area contributed by atoms with E-state index in [2.05, 4.69) is 53.4 Å². The molecule has 36 heavy (non-hydrogen) atoms. The highest BCUT2D eigenvalue weighted by Gasteiger charge is 2.24. The molecule has 0 bridgehead atoms. The van der Waals surface area contributed by atoms with Gasteiger partial charge < -0.3 is 24.7 Å². The molecule has 1 fully saturated rings. The SMILES string of the molecule is CCc1cccc2c(C(CC(=O)NCCCN3CCCCC3C)c3cc(OC)cc(OC)c3)c[nH]c12. The number of likely N-dealkylation sites (tertiary alicyclic amines) is 1. The van der Waals surface area contributed by atoms with E-state index in [0.29, 0.717) is 19.0 Å². The van der Waals surface area contributed by atoms with Gasteiger partial charge in [0.2, 0.25) is 5.91 Å². The van der Waals surface area contributed by atoms with Gasteiger partial charge in [0.05, 0.1) is 14.2 Å². The predicted molar refractivity (Wildman–Crippen MR) is 146 cm³/mol. The molecule has 1 saturated heterocycles. The lowest BCUT2D eigenvalue weighted by Gasteiger charge is -2.33. The molecule has 2 N–H and O–H groups in total. The lowest BCUT2D eigenvalue weighted by Crippen LogP contribution is -2.39. The molecule has 2 atom stereocenters. The summed E-state index contributed by atoms with van der Waals surface area (Å²) in [7, 11) is 3.31. The summed E-state index contributed by atoms with van der Waals surface area (Å²) in [6.07, 6.45) is 8.24. The number of fused-ring (bicyclic) bond motifs is 1. The first-order valence-electron chi connectivity index (χ1n) is 13.4. The number of aromatic nitrogens is 1. The number of amides is 1. The van der Waals surface area contributed by atoms with Gasteiger partial charge in [-0.25, -0.2) is 0 Å². The van der Waals surface area contributed by atoms with Crippen molar-refractivity contribution in [1.82, 2.24) is 15.2 Å². The van der Waals surface area contributed by atoms with Crippen LogP contribution in [0.1, 0.15) is 68.6 Å². The van der Waals surface area contributed by atoms with E-state index in [1.807, 2.05) is 18.2 Å². The topological polar surface area (TPSA) is 66.6 Å². The van der Waals surface area contributed by atoms with Crippen LogP contribution in [0.2, 0.25) is 0 Å². The molecule has 1 amide bonds. The quantitative estimate of drug-likeness (QED) is 0.340. The minimum absolute atomic E-state index is 0.0643. The molecule has 4 rings (SSSR count). The highest BCUT2D eigenvalue weighted by Crippen LogP contribution is 2.37. The van der Waals surface area contributed by atoms with Crippen molar-refractivity contribution < 1.29 is 14.3 Å². The number of aromatic amines is 1. The first-order valence-corrected chi connectivity index (χ1v) is 13.4. The second-order valence-corrected chi connectivity index (χ2v) is 9.92. The number of piperidine rings is 1. The monoisotopic (exact) mass is 491 g/mol. The molecule has 2 unspecified atom stereocenters. The summed E-state index contributed by atoms with van der Waals surface area (Å²) in [6, 6.07) is 12.9. The van der Waals surface area contributed by atoms with Crippen molar-refractivity contribution in [1.29, 1.82) is 0 Å². The van der Waals surface area contributed by atoms with E-state index in [-0.39, 0.29) is 11.8 Å². The average Bonchev–Trinajstić information content (AvgIpc) is 3.34. The molecule has 1 aliphatic rings. The Morgan fingerprint density at radius 2 is 1.94 bits per heavy atom. The number of aryl methyl sites for hydroxylation is 1. The number of hydrogen-bond donors (Lipinski definition) is 2. The van der Waals surface area contributed by atoms with E-state index in [4.69, 9.17) is 9.47 Å². The number of para-hydroxylation sites is 1. The van der Waals surface area contributed by atoms with E-state index in [1.165, 1.54) is 31.4 Å². The molecule has 2 heterocycles. The Labute approximate surface area is 215 Å². The number of rotatable bonds is 11. The van der Waals surface area contributed by atoms with Crippen LogP contribution in [0, 0.1) is 0 Å². The Hall–Kier alpha value is -2.99. The van der Waals surface area contributed by atoms with Crippen LogP contribution in [0.5, 0.6) is 11.5 Å². The minimum atomic E-state index is -0.128. The zero-order valence-corrected chi connectivity index (χ0v) is 22.2. The van der Waals surface area contributed by atoms with Gasteiger partial charge in [-0.1, -0.05) is 31.5 Å². The molecular formula is C30H41N3O3. The van der Waals surface area contributed by atoms with Crippen LogP contribution in [-0.2, 0) is 11.2 Å². The van der Waals surface area contributed by atoms with Gasteiger partial charge in [0.1, 0.15) is 11.5 Å². The summed E-state index contributed by atoms with van der Waals surface area (Å²) < 4.78 is 11.1. The fourth-order valence-electron chi connectivity index (χ4n) is 5.52. The zero-order chi connectivity index (χ0) is 25.5. The first-order chi connectivity index (χ1) is 17.5. The summed E-state index contributed by atoms with van der Waals surface area (Å²) in [5.74, 6) is 1.38. The van der Waals surface area contributed by atoms with Crippen molar-refractivity contribution in [2.75, 3.05) is 33.9 Å². The van der Waals surface area contributed by atoms with Crippen LogP contribution < -0.4 is 14.8 Å². The minimum Gasteiger partial charge on any atom is -0.497 e. The third kappa shape index (κ3) is 6.04. The van der Waals surface area contributed by atoms with Crippen molar-refractivity contribution in [3.8, 4) is 11.5 Å².